The van der Waals surface area contributed by atoms with E-state index in [1.54, 1.807) is 12.5 Å². The van der Waals surface area contributed by atoms with Crippen LogP contribution in [0.25, 0.3) is 0 Å². The van der Waals surface area contributed by atoms with E-state index in [4.69, 9.17) is 10.2 Å². The lowest BCUT2D eigenvalue weighted by atomic mass is 9.95. The molecule has 2 N–H and O–H groups in total. The summed E-state index contributed by atoms with van der Waals surface area (Å²) in [6, 6.07) is 2.05. The van der Waals surface area contributed by atoms with E-state index in [0.29, 0.717) is 5.92 Å². The maximum Gasteiger partial charge on any atom is 0.0950 e. The van der Waals surface area contributed by atoms with Gasteiger partial charge in [-0.3, -0.25) is 0 Å². The van der Waals surface area contributed by atoms with E-state index in [0.717, 1.165) is 12.0 Å². The highest BCUT2D eigenvalue weighted by atomic mass is 16.3. The third-order valence-electron chi connectivity index (χ3n) is 2.19. The van der Waals surface area contributed by atoms with Crippen molar-refractivity contribution in [3.63, 3.8) is 0 Å². The predicted molar refractivity (Wildman–Crippen MR) is 45.1 cm³/mol. The summed E-state index contributed by atoms with van der Waals surface area (Å²) in [6.07, 6.45) is 4.49. The molecule has 0 bridgehead atoms. The Bertz CT molecular complexity index is 193. The van der Waals surface area contributed by atoms with Gasteiger partial charge in [-0.15, -0.1) is 0 Å². The third kappa shape index (κ3) is 1.84. The van der Waals surface area contributed by atoms with Crippen LogP contribution < -0.4 is 5.73 Å². The summed E-state index contributed by atoms with van der Waals surface area (Å²) in [5.41, 5.74) is 7.03. The van der Waals surface area contributed by atoms with Crippen molar-refractivity contribution in [3.05, 3.63) is 24.2 Å². The van der Waals surface area contributed by atoms with Gasteiger partial charge in [-0.2, -0.15) is 0 Å². The molecule has 2 nitrogen and oxygen atoms in total. The fraction of sp³-hybridized carbons (Fsp3) is 0.556. The van der Waals surface area contributed by atoms with Crippen molar-refractivity contribution < 1.29 is 4.42 Å². The van der Waals surface area contributed by atoms with Crippen molar-refractivity contribution in [2.45, 2.75) is 26.3 Å². The molecule has 0 spiro atoms. The molecule has 0 aromatic carbocycles. The number of rotatable bonds is 3. The lowest BCUT2D eigenvalue weighted by molar-refractivity contribution is 0.451. The molecule has 1 unspecified atom stereocenters. The monoisotopic (exact) mass is 153 g/mol. The zero-order valence-electron chi connectivity index (χ0n) is 7.08. The summed E-state index contributed by atoms with van der Waals surface area (Å²) in [5.74, 6) is 0.521. The van der Waals surface area contributed by atoms with Crippen LogP contribution in [0.15, 0.2) is 23.0 Å². The first-order valence-corrected chi connectivity index (χ1v) is 4.03. The minimum absolute atomic E-state index is 0.124. The Hall–Kier alpha value is -0.760. The standard InChI is InChI=1S/C9H15NO/c1-3-7(2)9(10)8-4-5-11-6-8/h4-7,9H,3,10H2,1-2H3/t7?,9-/m1/s1. The molecule has 0 radical (unpaired) electrons. The molecule has 0 saturated heterocycles. The second-order valence-corrected chi connectivity index (χ2v) is 2.97. The Balaban J connectivity index is 2.62. The topological polar surface area (TPSA) is 39.2 Å². The zero-order valence-corrected chi connectivity index (χ0v) is 7.08. The summed E-state index contributed by atoms with van der Waals surface area (Å²) in [5, 5.41) is 0. The summed E-state index contributed by atoms with van der Waals surface area (Å²) in [6.45, 7) is 4.29. The average molecular weight is 153 g/mol. The molecule has 0 fully saturated rings. The van der Waals surface area contributed by atoms with Crippen molar-refractivity contribution in [1.29, 1.82) is 0 Å². The minimum atomic E-state index is 0.124. The Kier molecular flexibility index (Phi) is 2.71. The Morgan fingerprint density at radius 2 is 2.36 bits per heavy atom. The molecule has 1 aromatic heterocycles. The third-order valence-corrected chi connectivity index (χ3v) is 2.19. The van der Waals surface area contributed by atoms with Crippen molar-refractivity contribution >= 4 is 0 Å². The molecular formula is C9H15NO. The average Bonchev–Trinajstić information content (AvgIpc) is 2.53. The highest BCUT2D eigenvalue weighted by molar-refractivity contribution is 5.11. The first-order valence-electron chi connectivity index (χ1n) is 4.03. The van der Waals surface area contributed by atoms with E-state index in [1.165, 1.54) is 0 Å². The molecule has 1 aromatic rings. The van der Waals surface area contributed by atoms with Gasteiger partial charge in [0.05, 0.1) is 12.5 Å². The van der Waals surface area contributed by atoms with Gasteiger partial charge >= 0.3 is 0 Å². The molecule has 1 rings (SSSR count). The maximum atomic E-state index is 5.93. The van der Waals surface area contributed by atoms with Crippen LogP contribution in [0.5, 0.6) is 0 Å². The molecule has 2 atom stereocenters. The number of hydrogen-bond donors (Lipinski definition) is 1. The first-order chi connectivity index (χ1) is 5.25. The molecule has 0 amide bonds. The second kappa shape index (κ2) is 3.58. The van der Waals surface area contributed by atoms with Crippen molar-refractivity contribution in [2.24, 2.45) is 11.7 Å². The maximum absolute atomic E-state index is 5.93. The van der Waals surface area contributed by atoms with E-state index < -0.39 is 0 Å². The lowest BCUT2D eigenvalue weighted by Gasteiger charge is -2.15. The van der Waals surface area contributed by atoms with E-state index >= 15 is 0 Å². The Labute approximate surface area is 67.4 Å². The molecule has 2 heteroatoms. The molecule has 0 aliphatic carbocycles. The van der Waals surface area contributed by atoms with Crippen LogP contribution in [0.3, 0.4) is 0 Å². The number of hydrogen-bond acceptors (Lipinski definition) is 2. The molecule has 11 heavy (non-hydrogen) atoms. The van der Waals surface area contributed by atoms with Gasteiger partial charge in [-0.05, 0) is 12.0 Å². The SMILES string of the molecule is CCC(C)[C@@H](N)c1ccoc1. The second-order valence-electron chi connectivity index (χ2n) is 2.97. The van der Waals surface area contributed by atoms with Gasteiger partial charge in [0.25, 0.3) is 0 Å². The molecule has 0 saturated carbocycles. The molecule has 0 aliphatic rings. The molecule has 0 aliphatic heterocycles. The van der Waals surface area contributed by atoms with E-state index in [-0.39, 0.29) is 6.04 Å². The van der Waals surface area contributed by atoms with Gasteiger partial charge in [0.15, 0.2) is 0 Å². The first kappa shape index (κ1) is 8.34. The van der Waals surface area contributed by atoms with Gasteiger partial charge < -0.3 is 10.2 Å². The lowest BCUT2D eigenvalue weighted by Crippen LogP contribution is -2.17. The van der Waals surface area contributed by atoms with Crippen LogP contribution in [0.1, 0.15) is 31.9 Å². The molecular weight excluding hydrogens is 138 g/mol. The van der Waals surface area contributed by atoms with Gasteiger partial charge in [-0.25, -0.2) is 0 Å². The highest BCUT2D eigenvalue weighted by Gasteiger charge is 2.13. The largest absolute Gasteiger partial charge is 0.472 e. The van der Waals surface area contributed by atoms with E-state index in [9.17, 15) is 0 Å². The zero-order chi connectivity index (χ0) is 8.27. The number of furan rings is 1. The fourth-order valence-electron chi connectivity index (χ4n) is 1.05. The van der Waals surface area contributed by atoms with Crippen LogP contribution in [-0.2, 0) is 0 Å². The van der Waals surface area contributed by atoms with Crippen LogP contribution >= 0.6 is 0 Å². The summed E-state index contributed by atoms with van der Waals surface area (Å²) in [4.78, 5) is 0. The van der Waals surface area contributed by atoms with Crippen molar-refractivity contribution in [2.75, 3.05) is 0 Å². The van der Waals surface area contributed by atoms with Gasteiger partial charge in [-0.1, -0.05) is 20.3 Å². The van der Waals surface area contributed by atoms with E-state index in [2.05, 4.69) is 13.8 Å². The smallest absolute Gasteiger partial charge is 0.0950 e. The van der Waals surface area contributed by atoms with Gasteiger partial charge in [0, 0.05) is 11.6 Å². The number of nitrogens with two attached hydrogens (primary N) is 1. The quantitative estimate of drug-likeness (QED) is 0.723. The fourth-order valence-corrected chi connectivity index (χ4v) is 1.05. The normalized spacial score (nSPS) is 16.3. The van der Waals surface area contributed by atoms with Gasteiger partial charge in [0.2, 0.25) is 0 Å². The van der Waals surface area contributed by atoms with E-state index in [1.807, 2.05) is 6.07 Å². The van der Waals surface area contributed by atoms with Crippen LogP contribution in [0.4, 0.5) is 0 Å². The Morgan fingerprint density at radius 3 is 2.82 bits per heavy atom. The molecule has 62 valence electrons. The van der Waals surface area contributed by atoms with Crippen LogP contribution in [0, 0.1) is 5.92 Å². The minimum Gasteiger partial charge on any atom is -0.472 e. The summed E-state index contributed by atoms with van der Waals surface area (Å²) < 4.78 is 4.95. The van der Waals surface area contributed by atoms with Crippen molar-refractivity contribution in [1.82, 2.24) is 0 Å². The van der Waals surface area contributed by atoms with Gasteiger partial charge in [0.1, 0.15) is 0 Å². The van der Waals surface area contributed by atoms with Crippen LogP contribution in [-0.4, -0.2) is 0 Å². The summed E-state index contributed by atoms with van der Waals surface area (Å²) in [7, 11) is 0. The Morgan fingerprint density at radius 1 is 1.64 bits per heavy atom. The summed E-state index contributed by atoms with van der Waals surface area (Å²) >= 11 is 0. The predicted octanol–water partition coefficient (Wildman–Crippen LogP) is 2.33. The van der Waals surface area contributed by atoms with Crippen LogP contribution in [0.2, 0.25) is 0 Å². The molecule has 1 heterocycles. The van der Waals surface area contributed by atoms with Crippen molar-refractivity contribution in [3.8, 4) is 0 Å². The highest BCUT2D eigenvalue weighted by Crippen LogP contribution is 2.21.